The Labute approximate surface area is 197 Å². The monoisotopic (exact) mass is 456 g/mol. The minimum atomic E-state index is 0. The van der Waals surface area contributed by atoms with Gasteiger partial charge in [-0.1, -0.05) is 35.6 Å². The molecule has 0 radical (unpaired) electrons. The number of nitrogens with zero attached hydrogens (tertiary/aromatic N) is 6. The highest BCUT2D eigenvalue weighted by molar-refractivity contribution is 7.18. The van der Waals surface area contributed by atoms with Gasteiger partial charge in [-0.2, -0.15) is 5.10 Å². The first-order valence-corrected chi connectivity index (χ1v) is 12.0. The van der Waals surface area contributed by atoms with Gasteiger partial charge in [-0.3, -0.25) is 9.58 Å². The van der Waals surface area contributed by atoms with E-state index in [1.54, 1.807) is 6.33 Å². The van der Waals surface area contributed by atoms with Gasteiger partial charge < -0.3 is 4.90 Å². The Bertz CT molecular complexity index is 1040. The molecular weight excluding hydrogens is 416 g/mol. The van der Waals surface area contributed by atoms with Crippen LogP contribution in [0, 0.1) is 11.3 Å². The molecular formula is C25H40N6S. The average Bonchev–Trinajstić information content (AvgIpc) is 3.50. The molecule has 1 spiro atoms. The zero-order chi connectivity index (χ0) is 20.9. The standard InChI is InChI=1S/C23H32N6S.2CH4/c1-5-18-10-19-21(24-15-25-22(19)30-18)29-9-7-23(14-29)6-8-28(13-23)20(16(2)3)17-11-26-27(4)12-17;;/h10-12,15-16,20H,5-9,13-14H2,1-4H3;2*1H4/t20-,23+;;/m1../s1. The van der Waals surface area contributed by atoms with E-state index in [9.17, 15) is 0 Å². The highest BCUT2D eigenvalue weighted by Crippen LogP contribution is 2.45. The first-order chi connectivity index (χ1) is 14.5. The number of aryl methyl sites for hydroxylation is 2. The van der Waals surface area contributed by atoms with E-state index < -0.39 is 0 Å². The van der Waals surface area contributed by atoms with Crippen molar-refractivity contribution in [2.75, 3.05) is 31.1 Å². The Morgan fingerprint density at radius 1 is 1.12 bits per heavy atom. The topological polar surface area (TPSA) is 50.1 Å². The Kier molecular flexibility index (Phi) is 7.30. The van der Waals surface area contributed by atoms with Crippen molar-refractivity contribution in [3.63, 3.8) is 0 Å². The highest BCUT2D eigenvalue weighted by Gasteiger charge is 2.46. The third kappa shape index (κ3) is 4.29. The van der Waals surface area contributed by atoms with Crippen molar-refractivity contribution in [3.8, 4) is 0 Å². The molecule has 0 amide bonds. The maximum atomic E-state index is 4.72. The molecule has 0 unspecified atom stereocenters. The molecule has 0 N–H and O–H groups in total. The summed E-state index contributed by atoms with van der Waals surface area (Å²) in [7, 11) is 2.01. The van der Waals surface area contributed by atoms with Crippen LogP contribution in [0.25, 0.3) is 10.2 Å². The molecule has 5 rings (SSSR count). The number of rotatable bonds is 5. The Hall–Kier alpha value is -1.99. The van der Waals surface area contributed by atoms with Gasteiger partial charge in [0.25, 0.3) is 0 Å². The van der Waals surface area contributed by atoms with Crippen molar-refractivity contribution >= 4 is 27.4 Å². The summed E-state index contributed by atoms with van der Waals surface area (Å²) in [6.45, 7) is 11.4. The number of fused-ring (bicyclic) bond motifs is 1. The number of likely N-dealkylation sites (tertiary alicyclic amines) is 1. The summed E-state index contributed by atoms with van der Waals surface area (Å²) in [5, 5.41) is 5.68. The van der Waals surface area contributed by atoms with Crippen LogP contribution < -0.4 is 4.90 Å². The number of aromatic nitrogens is 4. The molecule has 0 aliphatic carbocycles. The van der Waals surface area contributed by atoms with Crippen LogP contribution in [0.1, 0.15) is 64.9 Å². The molecule has 2 atom stereocenters. The van der Waals surface area contributed by atoms with E-state index in [0.717, 1.165) is 30.2 Å². The highest BCUT2D eigenvalue weighted by atomic mass is 32.1. The quantitative estimate of drug-likeness (QED) is 0.503. The van der Waals surface area contributed by atoms with Gasteiger partial charge in [0.2, 0.25) is 0 Å². The molecule has 2 saturated heterocycles. The summed E-state index contributed by atoms with van der Waals surface area (Å²) in [4.78, 5) is 17.0. The smallest absolute Gasteiger partial charge is 0.140 e. The average molecular weight is 457 g/mol. The van der Waals surface area contributed by atoms with Crippen LogP contribution in [0.5, 0.6) is 0 Å². The maximum absolute atomic E-state index is 4.72. The summed E-state index contributed by atoms with van der Waals surface area (Å²) in [5.74, 6) is 1.71. The van der Waals surface area contributed by atoms with Crippen molar-refractivity contribution in [2.45, 2.75) is 60.9 Å². The molecule has 0 bridgehead atoms. The Morgan fingerprint density at radius 2 is 1.91 bits per heavy atom. The Balaban J connectivity index is 0.00000144. The lowest BCUT2D eigenvalue weighted by Crippen LogP contribution is -2.34. The molecule has 2 fully saturated rings. The van der Waals surface area contributed by atoms with Gasteiger partial charge >= 0.3 is 0 Å². The zero-order valence-corrected chi connectivity index (χ0v) is 19.3. The molecule has 32 heavy (non-hydrogen) atoms. The minimum Gasteiger partial charge on any atom is -0.355 e. The molecule has 2 aliphatic rings. The first kappa shape index (κ1) is 24.6. The van der Waals surface area contributed by atoms with Crippen LogP contribution in [0.15, 0.2) is 24.8 Å². The van der Waals surface area contributed by atoms with Gasteiger partial charge in [-0.15, -0.1) is 11.3 Å². The molecule has 7 heteroatoms. The molecule has 5 heterocycles. The van der Waals surface area contributed by atoms with E-state index in [1.807, 2.05) is 23.1 Å². The van der Waals surface area contributed by atoms with Crippen molar-refractivity contribution in [1.82, 2.24) is 24.6 Å². The molecule has 176 valence electrons. The van der Waals surface area contributed by atoms with Crippen LogP contribution in [0.2, 0.25) is 0 Å². The van der Waals surface area contributed by atoms with Crippen LogP contribution in [-0.2, 0) is 13.5 Å². The van der Waals surface area contributed by atoms with Gasteiger partial charge in [0.15, 0.2) is 0 Å². The third-order valence-corrected chi connectivity index (χ3v) is 8.19. The lowest BCUT2D eigenvalue weighted by molar-refractivity contribution is 0.170. The maximum Gasteiger partial charge on any atom is 0.140 e. The van der Waals surface area contributed by atoms with Crippen LogP contribution in [0.3, 0.4) is 0 Å². The second-order valence-electron chi connectivity index (χ2n) is 9.51. The summed E-state index contributed by atoms with van der Waals surface area (Å²) in [5.41, 5.74) is 1.72. The van der Waals surface area contributed by atoms with Crippen LogP contribution >= 0.6 is 11.3 Å². The number of thiophene rings is 1. The summed E-state index contributed by atoms with van der Waals surface area (Å²) >= 11 is 1.81. The van der Waals surface area contributed by atoms with Crippen molar-refractivity contribution in [3.05, 3.63) is 35.2 Å². The second kappa shape index (κ2) is 9.48. The SMILES string of the molecule is C.C.CCc1cc2c(N3CC[C@]4(CCN([C@@H](c5cnn(C)c5)C(C)C)C4)C3)ncnc2s1. The van der Waals surface area contributed by atoms with Crippen molar-refractivity contribution in [1.29, 1.82) is 0 Å². The number of hydrogen-bond donors (Lipinski definition) is 0. The predicted octanol–water partition coefficient (Wildman–Crippen LogP) is 5.56. The molecule has 6 nitrogen and oxygen atoms in total. The van der Waals surface area contributed by atoms with E-state index in [1.165, 1.54) is 41.8 Å². The van der Waals surface area contributed by atoms with Crippen LogP contribution in [0.4, 0.5) is 5.82 Å². The number of anilines is 1. The molecule has 0 saturated carbocycles. The predicted molar refractivity (Wildman–Crippen MR) is 136 cm³/mol. The van der Waals surface area contributed by atoms with E-state index >= 15 is 0 Å². The van der Waals surface area contributed by atoms with Gasteiger partial charge in [0.1, 0.15) is 17.0 Å². The fourth-order valence-electron chi connectivity index (χ4n) is 5.59. The summed E-state index contributed by atoms with van der Waals surface area (Å²) in [6, 6.07) is 2.75. The molecule has 0 aromatic carbocycles. The minimum absolute atomic E-state index is 0. The lowest BCUT2D eigenvalue weighted by atomic mass is 9.86. The normalized spacial score (nSPS) is 22.0. The van der Waals surface area contributed by atoms with Gasteiger partial charge in [0.05, 0.1) is 11.6 Å². The Morgan fingerprint density at radius 3 is 2.59 bits per heavy atom. The van der Waals surface area contributed by atoms with E-state index in [-0.39, 0.29) is 14.9 Å². The van der Waals surface area contributed by atoms with Gasteiger partial charge in [-0.25, -0.2) is 9.97 Å². The summed E-state index contributed by atoms with van der Waals surface area (Å²) < 4.78 is 1.93. The van der Waals surface area contributed by atoms with E-state index in [2.05, 4.69) is 59.1 Å². The van der Waals surface area contributed by atoms with Gasteiger partial charge in [0, 0.05) is 54.8 Å². The zero-order valence-electron chi connectivity index (χ0n) is 18.5. The van der Waals surface area contributed by atoms with Crippen molar-refractivity contribution < 1.29 is 0 Å². The lowest BCUT2D eigenvalue weighted by Gasteiger charge is -2.32. The van der Waals surface area contributed by atoms with Gasteiger partial charge in [-0.05, 0) is 37.8 Å². The molecule has 3 aromatic rings. The van der Waals surface area contributed by atoms with E-state index in [0.29, 0.717) is 17.4 Å². The van der Waals surface area contributed by atoms with Crippen LogP contribution in [-0.4, -0.2) is 50.8 Å². The second-order valence-corrected chi connectivity index (χ2v) is 10.6. The van der Waals surface area contributed by atoms with E-state index in [4.69, 9.17) is 4.98 Å². The molecule has 2 aliphatic heterocycles. The third-order valence-electron chi connectivity index (χ3n) is 7.00. The summed E-state index contributed by atoms with van der Waals surface area (Å²) in [6.07, 6.45) is 9.57. The number of hydrogen-bond acceptors (Lipinski definition) is 6. The largest absolute Gasteiger partial charge is 0.355 e. The molecule has 3 aromatic heterocycles. The fraction of sp³-hybridized carbons (Fsp3) is 0.640. The fourth-order valence-corrected chi connectivity index (χ4v) is 6.52. The first-order valence-electron chi connectivity index (χ1n) is 11.2. The van der Waals surface area contributed by atoms with Crippen molar-refractivity contribution in [2.24, 2.45) is 18.4 Å².